The summed E-state index contributed by atoms with van der Waals surface area (Å²) in [5.41, 5.74) is 6.55. The first-order valence-electron chi connectivity index (χ1n) is 5.80. The highest BCUT2D eigenvalue weighted by atomic mass is 127. The topological polar surface area (TPSA) is 72.2 Å². The van der Waals surface area contributed by atoms with Gasteiger partial charge in [0, 0.05) is 15.1 Å². The lowest BCUT2D eigenvalue weighted by molar-refractivity contribution is 0.601. The van der Waals surface area contributed by atoms with Gasteiger partial charge >= 0.3 is 0 Å². The minimum absolute atomic E-state index is 0.0475. The van der Waals surface area contributed by atoms with Gasteiger partial charge in [-0.25, -0.2) is 8.42 Å². The molecule has 0 saturated heterocycles. The van der Waals surface area contributed by atoms with Crippen molar-refractivity contribution in [3.63, 3.8) is 0 Å². The summed E-state index contributed by atoms with van der Waals surface area (Å²) in [7, 11) is -3.82. The van der Waals surface area contributed by atoms with Gasteiger partial charge in [-0.15, -0.1) is 0 Å². The van der Waals surface area contributed by atoms with Gasteiger partial charge in [0.2, 0.25) is 0 Å². The summed E-state index contributed by atoms with van der Waals surface area (Å²) in [6.07, 6.45) is 0. The van der Waals surface area contributed by atoms with Crippen LogP contribution in [0.5, 0.6) is 0 Å². The zero-order chi connectivity index (χ0) is 15.6. The number of rotatable bonds is 4. The predicted molar refractivity (Wildman–Crippen MR) is 94.3 cm³/mol. The molecule has 0 aliphatic rings. The van der Waals surface area contributed by atoms with E-state index in [0.717, 1.165) is 3.57 Å². The van der Waals surface area contributed by atoms with Crippen LogP contribution < -0.4 is 10.5 Å². The van der Waals surface area contributed by atoms with Crippen LogP contribution in [0.15, 0.2) is 41.3 Å². The maximum atomic E-state index is 12.5. The Morgan fingerprint density at radius 2 is 1.81 bits per heavy atom. The van der Waals surface area contributed by atoms with Gasteiger partial charge in [-0.1, -0.05) is 35.3 Å². The normalized spacial score (nSPS) is 11.4. The van der Waals surface area contributed by atoms with E-state index < -0.39 is 10.0 Å². The summed E-state index contributed by atoms with van der Waals surface area (Å²) in [6.45, 7) is 0.126. The van der Waals surface area contributed by atoms with Crippen LogP contribution in [0.2, 0.25) is 10.0 Å². The fourth-order valence-electron chi connectivity index (χ4n) is 1.68. The molecule has 0 atom stereocenters. The minimum atomic E-state index is -3.82. The van der Waals surface area contributed by atoms with E-state index in [4.69, 9.17) is 28.9 Å². The fourth-order valence-corrected chi connectivity index (χ4v) is 4.34. The van der Waals surface area contributed by atoms with Crippen LogP contribution in [0.25, 0.3) is 0 Å². The van der Waals surface area contributed by atoms with Gasteiger partial charge in [0.05, 0.1) is 10.7 Å². The first-order chi connectivity index (χ1) is 9.85. The number of halogens is 3. The molecule has 8 heteroatoms. The van der Waals surface area contributed by atoms with Crippen molar-refractivity contribution >= 4 is 61.5 Å². The lowest BCUT2D eigenvalue weighted by Crippen LogP contribution is -2.15. The molecule has 0 fully saturated rings. The number of nitrogens with two attached hydrogens (primary N) is 1. The van der Waals surface area contributed by atoms with Crippen LogP contribution >= 0.6 is 45.8 Å². The van der Waals surface area contributed by atoms with Crippen molar-refractivity contribution in [1.82, 2.24) is 0 Å². The number of para-hydroxylation sites is 1. The zero-order valence-electron chi connectivity index (χ0n) is 10.6. The number of anilines is 1. The van der Waals surface area contributed by atoms with Gasteiger partial charge in [0.25, 0.3) is 10.0 Å². The quantitative estimate of drug-likeness (QED) is 0.686. The van der Waals surface area contributed by atoms with E-state index in [9.17, 15) is 8.42 Å². The number of sulfonamides is 1. The Morgan fingerprint density at radius 3 is 2.43 bits per heavy atom. The van der Waals surface area contributed by atoms with Gasteiger partial charge in [-0.05, 0) is 52.4 Å². The Hall–Kier alpha value is -0.540. The van der Waals surface area contributed by atoms with E-state index in [1.807, 2.05) is 28.7 Å². The number of benzene rings is 2. The summed E-state index contributed by atoms with van der Waals surface area (Å²) < 4.78 is 28.2. The monoisotopic (exact) mass is 456 g/mol. The Morgan fingerprint density at radius 1 is 1.14 bits per heavy atom. The highest BCUT2D eigenvalue weighted by Crippen LogP contribution is 2.30. The van der Waals surface area contributed by atoms with E-state index in [1.54, 1.807) is 18.2 Å². The highest BCUT2D eigenvalue weighted by molar-refractivity contribution is 14.1. The van der Waals surface area contributed by atoms with Crippen LogP contribution in [0.1, 0.15) is 5.56 Å². The smallest absolute Gasteiger partial charge is 0.263 e. The molecular weight excluding hydrogens is 446 g/mol. The van der Waals surface area contributed by atoms with Crippen molar-refractivity contribution < 1.29 is 8.42 Å². The van der Waals surface area contributed by atoms with Crippen molar-refractivity contribution in [2.75, 3.05) is 4.72 Å². The number of hydrogen-bond acceptors (Lipinski definition) is 3. The molecule has 0 amide bonds. The molecule has 0 radical (unpaired) electrons. The number of nitrogens with one attached hydrogen (secondary N) is 1. The summed E-state index contributed by atoms with van der Waals surface area (Å²) in [5.74, 6) is 0. The molecule has 4 nitrogen and oxygen atoms in total. The van der Waals surface area contributed by atoms with E-state index >= 15 is 0 Å². The molecule has 0 bridgehead atoms. The molecule has 0 heterocycles. The molecule has 0 aliphatic carbocycles. The Labute approximate surface area is 146 Å². The second-order valence-electron chi connectivity index (χ2n) is 4.16. The van der Waals surface area contributed by atoms with Gasteiger partial charge in [-0.2, -0.15) is 0 Å². The summed E-state index contributed by atoms with van der Waals surface area (Å²) in [6, 6.07) is 9.81. The zero-order valence-corrected chi connectivity index (χ0v) is 15.1. The summed E-state index contributed by atoms with van der Waals surface area (Å²) >= 11 is 14.0. The maximum Gasteiger partial charge on any atom is 0.263 e. The Kier molecular flexibility index (Phi) is 5.37. The van der Waals surface area contributed by atoms with E-state index in [2.05, 4.69) is 4.72 Å². The molecule has 0 unspecified atom stereocenters. The van der Waals surface area contributed by atoms with Crippen LogP contribution in [-0.4, -0.2) is 8.42 Å². The molecule has 0 spiro atoms. The third-order valence-corrected chi connectivity index (χ3v) is 5.85. The molecule has 2 aromatic rings. The molecule has 3 N–H and O–H groups in total. The van der Waals surface area contributed by atoms with Crippen LogP contribution in [-0.2, 0) is 16.6 Å². The highest BCUT2D eigenvalue weighted by Gasteiger charge is 2.20. The predicted octanol–water partition coefficient (Wildman–Crippen LogP) is 3.86. The SMILES string of the molecule is NCc1cc(S(=O)(=O)Nc2ccccc2I)c(Cl)cc1Cl. The van der Waals surface area contributed by atoms with E-state index in [1.165, 1.54) is 12.1 Å². The van der Waals surface area contributed by atoms with Gasteiger partial charge in [0.15, 0.2) is 0 Å². The summed E-state index contributed by atoms with van der Waals surface area (Å²) in [4.78, 5) is -0.0475. The molecular formula is C13H11Cl2IN2O2S. The second kappa shape index (κ2) is 6.70. The van der Waals surface area contributed by atoms with Crippen molar-refractivity contribution in [2.45, 2.75) is 11.4 Å². The molecule has 0 saturated carbocycles. The molecule has 2 aromatic carbocycles. The van der Waals surface area contributed by atoms with Gasteiger partial charge in [0.1, 0.15) is 4.90 Å². The number of hydrogen-bond donors (Lipinski definition) is 2. The second-order valence-corrected chi connectivity index (χ2v) is 7.79. The average Bonchev–Trinajstić information content (AvgIpc) is 2.41. The first-order valence-corrected chi connectivity index (χ1v) is 9.12. The standard InChI is InChI=1S/C13H11Cl2IN2O2S/c14-9-6-10(15)13(5-8(9)7-17)21(19,20)18-12-4-2-1-3-11(12)16/h1-6,18H,7,17H2. The van der Waals surface area contributed by atoms with Crippen molar-refractivity contribution in [3.8, 4) is 0 Å². The lowest BCUT2D eigenvalue weighted by Gasteiger charge is -2.12. The van der Waals surface area contributed by atoms with E-state index in [0.29, 0.717) is 16.3 Å². The third-order valence-electron chi connectivity index (χ3n) is 2.73. The molecule has 112 valence electrons. The van der Waals surface area contributed by atoms with Gasteiger partial charge < -0.3 is 5.73 Å². The maximum absolute atomic E-state index is 12.5. The molecule has 2 rings (SSSR count). The first kappa shape index (κ1) is 16.8. The largest absolute Gasteiger partial charge is 0.326 e. The van der Waals surface area contributed by atoms with Crippen molar-refractivity contribution in [1.29, 1.82) is 0 Å². The van der Waals surface area contributed by atoms with Crippen LogP contribution in [0, 0.1) is 3.57 Å². The Balaban J connectivity index is 2.47. The van der Waals surface area contributed by atoms with Crippen LogP contribution in [0.4, 0.5) is 5.69 Å². The Bertz CT molecular complexity index is 782. The molecule has 21 heavy (non-hydrogen) atoms. The van der Waals surface area contributed by atoms with Crippen molar-refractivity contribution in [3.05, 3.63) is 55.6 Å². The van der Waals surface area contributed by atoms with Crippen LogP contribution in [0.3, 0.4) is 0 Å². The molecule has 0 aliphatic heterocycles. The van der Waals surface area contributed by atoms with Gasteiger partial charge in [-0.3, -0.25) is 4.72 Å². The van der Waals surface area contributed by atoms with E-state index in [-0.39, 0.29) is 16.5 Å². The fraction of sp³-hybridized carbons (Fsp3) is 0.0769. The van der Waals surface area contributed by atoms with Crippen molar-refractivity contribution in [2.24, 2.45) is 5.73 Å². The summed E-state index contributed by atoms with van der Waals surface area (Å²) in [5, 5.41) is 0.395. The lowest BCUT2D eigenvalue weighted by atomic mass is 10.2. The third kappa shape index (κ3) is 3.81. The average molecular weight is 457 g/mol. The molecule has 0 aromatic heterocycles. The minimum Gasteiger partial charge on any atom is -0.326 e.